The molecule has 0 bridgehead atoms. The van der Waals surface area contributed by atoms with E-state index in [4.69, 9.17) is 0 Å². The lowest BCUT2D eigenvalue weighted by Gasteiger charge is -2.14. The Labute approximate surface area is 88.6 Å². The van der Waals surface area contributed by atoms with E-state index < -0.39 is 19.0 Å². The molecule has 0 saturated carbocycles. The molecule has 0 aliphatic rings. The number of fused-ring (bicyclic) bond motifs is 1. The molecule has 2 rings (SSSR count). The second kappa shape index (κ2) is 3.66. The first-order valence-electron chi connectivity index (χ1n) is 4.63. The molecule has 0 aliphatic carbocycles. The zero-order valence-electron chi connectivity index (χ0n) is 8.11. The molecule has 0 atom stereocenters. The van der Waals surface area contributed by atoms with Gasteiger partial charge in [-0.3, -0.25) is 9.48 Å². The second-order valence-electron chi connectivity index (χ2n) is 3.43. The van der Waals surface area contributed by atoms with Crippen LogP contribution in [0.5, 0.6) is 0 Å². The molecule has 1 aromatic heterocycles. The van der Waals surface area contributed by atoms with Crippen molar-refractivity contribution in [1.29, 1.82) is 0 Å². The molecule has 0 radical (unpaired) electrons. The largest absolute Gasteiger partial charge is 0.499 e. The Kier molecular flexibility index (Phi) is 2.45. The highest BCUT2D eigenvalue weighted by Gasteiger charge is 2.25. The minimum absolute atomic E-state index is 0.248. The van der Waals surface area contributed by atoms with Crippen molar-refractivity contribution < 1.29 is 12.9 Å². The number of aromatic nitrogens is 2. The van der Waals surface area contributed by atoms with Crippen molar-refractivity contribution in [1.82, 2.24) is 9.78 Å². The highest BCUT2D eigenvalue weighted by molar-refractivity contribution is 6.57. The average Bonchev–Trinajstić information content (AvgIpc) is 2.21. The summed E-state index contributed by atoms with van der Waals surface area (Å²) in [5.74, 6) is 0. The Morgan fingerprint density at radius 2 is 1.94 bits per heavy atom. The van der Waals surface area contributed by atoms with E-state index in [9.17, 15) is 17.7 Å². The monoisotopic (exact) mass is 227 g/mol. The molecule has 0 fully saturated rings. The van der Waals surface area contributed by atoms with Crippen LogP contribution in [0.2, 0.25) is 0 Å². The van der Waals surface area contributed by atoms with E-state index in [0.29, 0.717) is 10.1 Å². The lowest BCUT2D eigenvalue weighted by molar-refractivity contribution is 0.431. The van der Waals surface area contributed by atoms with Crippen LogP contribution in [0.1, 0.15) is 0 Å². The van der Waals surface area contributed by atoms with Crippen molar-refractivity contribution in [3.8, 4) is 0 Å². The van der Waals surface area contributed by atoms with Gasteiger partial charge in [0.25, 0.3) is 5.56 Å². The van der Waals surface area contributed by atoms with Crippen LogP contribution < -0.4 is 5.56 Å². The fourth-order valence-corrected chi connectivity index (χ4v) is 1.45. The van der Waals surface area contributed by atoms with Crippen molar-refractivity contribution in [3.63, 3.8) is 0 Å². The summed E-state index contributed by atoms with van der Waals surface area (Å²) in [7, 11) is 0. The van der Waals surface area contributed by atoms with E-state index in [-0.39, 0.29) is 5.39 Å². The molecule has 0 aliphatic heterocycles. The predicted molar refractivity (Wildman–Crippen MR) is 55.1 cm³/mol. The molecule has 1 heterocycles. The predicted octanol–water partition coefficient (Wildman–Crippen LogP) is 1.78. The van der Waals surface area contributed by atoms with Crippen LogP contribution in [0.3, 0.4) is 0 Å². The van der Waals surface area contributed by atoms with Crippen LogP contribution in [0.15, 0.2) is 35.3 Å². The molecule has 0 amide bonds. The molecule has 0 spiro atoms. The standard InChI is InChI=1S/C9H7BF3N2O/c11-10(12,13)6-15-9(16)8-4-2-1-3-7(8)5-14-15/h1-5H,6H2/q-1. The van der Waals surface area contributed by atoms with Gasteiger partial charge in [0.1, 0.15) is 0 Å². The summed E-state index contributed by atoms with van der Waals surface area (Å²) in [6, 6.07) is 6.42. The Hall–Kier alpha value is -1.79. The number of halogens is 3. The third kappa shape index (κ3) is 2.07. The van der Waals surface area contributed by atoms with E-state index >= 15 is 0 Å². The third-order valence-corrected chi connectivity index (χ3v) is 2.14. The first-order chi connectivity index (χ1) is 7.47. The van der Waals surface area contributed by atoms with Gasteiger partial charge in [0, 0.05) is 11.8 Å². The normalized spacial score (nSPS) is 11.9. The van der Waals surface area contributed by atoms with Crippen molar-refractivity contribution in [2.45, 2.75) is 6.44 Å². The van der Waals surface area contributed by atoms with Crippen LogP contribution >= 0.6 is 0 Å². The molecular weight excluding hydrogens is 220 g/mol. The summed E-state index contributed by atoms with van der Waals surface area (Å²) >= 11 is 0. The maximum atomic E-state index is 12.2. The number of rotatable bonds is 2. The average molecular weight is 227 g/mol. The van der Waals surface area contributed by atoms with E-state index in [0.717, 1.165) is 0 Å². The zero-order chi connectivity index (χ0) is 11.8. The number of nitrogens with zero attached hydrogens (tertiary/aromatic N) is 2. The van der Waals surface area contributed by atoms with Gasteiger partial charge in [-0.15, -0.1) is 0 Å². The van der Waals surface area contributed by atoms with E-state index in [1.54, 1.807) is 18.2 Å². The van der Waals surface area contributed by atoms with Gasteiger partial charge in [0.05, 0.1) is 11.6 Å². The topological polar surface area (TPSA) is 34.9 Å². The maximum absolute atomic E-state index is 12.2. The van der Waals surface area contributed by atoms with E-state index in [1.165, 1.54) is 12.3 Å². The number of hydrogen-bond acceptors (Lipinski definition) is 2. The molecule has 16 heavy (non-hydrogen) atoms. The molecule has 0 saturated heterocycles. The van der Waals surface area contributed by atoms with Crippen LogP contribution in [0.4, 0.5) is 12.9 Å². The minimum atomic E-state index is -5.06. The van der Waals surface area contributed by atoms with Crippen molar-refractivity contribution >= 4 is 17.7 Å². The second-order valence-corrected chi connectivity index (χ2v) is 3.43. The number of hydrogen-bond donors (Lipinski definition) is 0. The summed E-state index contributed by atoms with van der Waals surface area (Å²) in [5, 5.41) is 4.28. The van der Waals surface area contributed by atoms with Gasteiger partial charge in [-0.05, 0) is 6.07 Å². The highest BCUT2D eigenvalue weighted by atomic mass is 19.4. The molecule has 3 nitrogen and oxygen atoms in total. The third-order valence-electron chi connectivity index (χ3n) is 2.14. The molecule has 0 unspecified atom stereocenters. The summed E-state index contributed by atoms with van der Waals surface area (Å²) in [5.41, 5.74) is -0.711. The zero-order valence-corrected chi connectivity index (χ0v) is 8.11. The maximum Gasteiger partial charge on any atom is 0.499 e. The fraction of sp³-hybridized carbons (Fsp3) is 0.111. The summed E-state index contributed by atoms with van der Waals surface area (Å²) < 4.78 is 37.0. The molecule has 84 valence electrons. The van der Waals surface area contributed by atoms with Crippen molar-refractivity contribution in [3.05, 3.63) is 40.8 Å². The first-order valence-corrected chi connectivity index (χ1v) is 4.63. The van der Waals surface area contributed by atoms with Crippen LogP contribution in [0, 0.1) is 0 Å². The van der Waals surface area contributed by atoms with Crippen molar-refractivity contribution in [2.24, 2.45) is 0 Å². The Morgan fingerprint density at radius 3 is 2.62 bits per heavy atom. The smallest absolute Gasteiger partial charge is 0.448 e. The van der Waals surface area contributed by atoms with E-state index in [1.807, 2.05) is 0 Å². The number of benzene rings is 1. The van der Waals surface area contributed by atoms with Crippen LogP contribution in [-0.2, 0) is 6.44 Å². The summed E-state index contributed by atoms with van der Waals surface area (Å²) in [4.78, 5) is 11.6. The van der Waals surface area contributed by atoms with Gasteiger partial charge in [-0.2, -0.15) is 5.10 Å². The molecule has 7 heteroatoms. The van der Waals surface area contributed by atoms with Gasteiger partial charge in [-0.25, -0.2) is 0 Å². The Morgan fingerprint density at radius 1 is 1.25 bits per heavy atom. The first kappa shape index (κ1) is 10.7. The summed E-state index contributed by atoms with van der Waals surface area (Å²) in [6.45, 7) is -5.06. The van der Waals surface area contributed by atoms with Crippen LogP contribution in [0.25, 0.3) is 10.8 Å². The van der Waals surface area contributed by atoms with E-state index in [2.05, 4.69) is 5.10 Å². The molecule has 0 N–H and O–H groups in total. The minimum Gasteiger partial charge on any atom is -0.448 e. The van der Waals surface area contributed by atoms with Gasteiger partial charge in [0.2, 0.25) is 0 Å². The Balaban J connectivity index is 2.57. The fourth-order valence-electron chi connectivity index (χ4n) is 1.45. The molecule has 1 aromatic carbocycles. The van der Waals surface area contributed by atoms with Gasteiger partial charge in [-0.1, -0.05) is 18.2 Å². The Bertz CT molecular complexity index is 579. The SMILES string of the molecule is O=c1c2ccccc2cnn1C[B-](F)(F)F. The highest BCUT2D eigenvalue weighted by Crippen LogP contribution is 2.11. The van der Waals surface area contributed by atoms with Gasteiger partial charge in [0.15, 0.2) is 0 Å². The lowest BCUT2D eigenvalue weighted by atomic mass is 9.92. The van der Waals surface area contributed by atoms with Crippen LogP contribution in [-0.4, -0.2) is 16.8 Å². The van der Waals surface area contributed by atoms with Crippen molar-refractivity contribution in [2.75, 3.05) is 0 Å². The van der Waals surface area contributed by atoms with Gasteiger partial charge >= 0.3 is 6.98 Å². The summed E-state index contributed by atoms with van der Waals surface area (Å²) in [6.07, 6.45) is -0.0395. The molecule has 2 aromatic rings. The molecular formula is C9H7BF3N2O-. The quantitative estimate of drug-likeness (QED) is 0.733. The lowest BCUT2D eigenvalue weighted by Crippen LogP contribution is -2.33. The van der Waals surface area contributed by atoms with Gasteiger partial charge < -0.3 is 12.9 Å².